The molecule has 2 aliphatic rings. The number of ether oxygens (including phenoxy) is 2. The van der Waals surface area contributed by atoms with Gasteiger partial charge in [-0.25, -0.2) is 0 Å². The zero-order valence-corrected chi connectivity index (χ0v) is 14.0. The van der Waals surface area contributed by atoms with E-state index in [-0.39, 0.29) is 0 Å². The van der Waals surface area contributed by atoms with Gasteiger partial charge in [-0.2, -0.15) is 0 Å². The molecule has 0 aliphatic carbocycles. The van der Waals surface area contributed by atoms with Crippen molar-refractivity contribution in [3.8, 4) is 11.5 Å². The second kappa shape index (κ2) is 7.47. The highest BCUT2D eigenvalue weighted by atomic mass is 79.9. The van der Waals surface area contributed by atoms with Crippen molar-refractivity contribution in [3.05, 3.63) is 22.2 Å². The summed E-state index contributed by atoms with van der Waals surface area (Å²) in [5.74, 6) is 1.67. The molecule has 1 fully saturated rings. The van der Waals surface area contributed by atoms with Crippen LogP contribution in [0.5, 0.6) is 11.5 Å². The number of rotatable bonds is 6. The molecule has 3 rings (SSSR count). The van der Waals surface area contributed by atoms with Crippen LogP contribution in [0.25, 0.3) is 0 Å². The molecule has 1 N–H and O–H groups in total. The van der Waals surface area contributed by atoms with E-state index in [1.807, 2.05) is 0 Å². The van der Waals surface area contributed by atoms with Crippen molar-refractivity contribution >= 4 is 15.9 Å². The Morgan fingerprint density at radius 1 is 1.14 bits per heavy atom. The van der Waals surface area contributed by atoms with Crippen LogP contribution in [0.2, 0.25) is 0 Å². The molecule has 1 aromatic rings. The van der Waals surface area contributed by atoms with Crippen molar-refractivity contribution in [1.82, 2.24) is 10.2 Å². The van der Waals surface area contributed by atoms with Gasteiger partial charge >= 0.3 is 0 Å². The van der Waals surface area contributed by atoms with E-state index in [9.17, 15) is 0 Å². The van der Waals surface area contributed by atoms with E-state index >= 15 is 0 Å². The maximum Gasteiger partial charge on any atom is 0.231 e. The lowest BCUT2D eigenvalue weighted by molar-refractivity contribution is 0.173. The zero-order chi connectivity index (χ0) is 14.5. The summed E-state index contributed by atoms with van der Waals surface area (Å²) in [6.45, 7) is 6.04. The van der Waals surface area contributed by atoms with Crippen LogP contribution in [0.3, 0.4) is 0 Å². The standard InChI is InChI=1S/C16H23BrN2O2/c17-14-9-13(10-15-16(14)21-12-20-15)11-18-5-4-8-19-6-2-1-3-7-19/h9-10,18H,1-8,11-12H2. The SMILES string of the molecule is Brc1cc(CNCCCN2CCCCC2)cc2c1OCO2. The summed E-state index contributed by atoms with van der Waals surface area (Å²) in [5.41, 5.74) is 1.23. The van der Waals surface area contributed by atoms with Gasteiger partial charge < -0.3 is 19.7 Å². The average Bonchev–Trinajstić information content (AvgIpc) is 2.97. The Labute approximate surface area is 134 Å². The largest absolute Gasteiger partial charge is 0.454 e. The molecular weight excluding hydrogens is 332 g/mol. The summed E-state index contributed by atoms with van der Waals surface area (Å²) < 4.78 is 11.8. The predicted molar refractivity (Wildman–Crippen MR) is 86.9 cm³/mol. The Bertz CT molecular complexity index is 476. The van der Waals surface area contributed by atoms with E-state index in [1.165, 1.54) is 50.9 Å². The highest BCUT2D eigenvalue weighted by Gasteiger charge is 2.17. The van der Waals surface area contributed by atoms with Gasteiger partial charge in [0, 0.05) is 6.54 Å². The van der Waals surface area contributed by atoms with Crippen LogP contribution in [0.1, 0.15) is 31.2 Å². The molecule has 0 atom stereocenters. The van der Waals surface area contributed by atoms with E-state index in [0.29, 0.717) is 6.79 Å². The zero-order valence-electron chi connectivity index (χ0n) is 12.4. The summed E-state index contributed by atoms with van der Waals surface area (Å²) in [7, 11) is 0. The van der Waals surface area contributed by atoms with Gasteiger partial charge in [-0.3, -0.25) is 0 Å². The van der Waals surface area contributed by atoms with Crippen molar-refractivity contribution < 1.29 is 9.47 Å². The Hall–Kier alpha value is -0.780. The third-order valence-electron chi connectivity index (χ3n) is 4.09. The van der Waals surface area contributed by atoms with Crippen molar-refractivity contribution in [2.75, 3.05) is 33.0 Å². The first-order valence-electron chi connectivity index (χ1n) is 7.84. The van der Waals surface area contributed by atoms with E-state index < -0.39 is 0 Å². The lowest BCUT2D eigenvalue weighted by Crippen LogP contribution is -2.32. The molecule has 0 aromatic heterocycles. The smallest absolute Gasteiger partial charge is 0.231 e. The number of benzene rings is 1. The van der Waals surface area contributed by atoms with Gasteiger partial charge in [0.05, 0.1) is 4.47 Å². The minimum Gasteiger partial charge on any atom is -0.454 e. The van der Waals surface area contributed by atoms with E-state index in [4.69, 9.17) is 9.47 Å². The second-order valence-electron chi connectivity index (χ2n) is 5.74. The molecule has 0 unspecified atom stereocenters. The maximum atomic E-state index is 5.44. The normalized spacial score (nSPS) is 18.1. The molecular formula is C16H23BrN2O2. The highest BCUT2D eigenvalue weighted by molar-refractivity contribution is 9.10. The molecule has 0 bridgehead atoms. The van der Waals surface area contributed by atoms with Crippen molar-refractivity contribution in [2.45, 2.75) is 32.2 Å². The summed E-state index contributed by atoms with van der Waals surface area (Å²) >= 11 is 3.53. The first-order chi connectivity index (χ1) is 10.3. The molecule has 0 saturated carbocycles. The van der Waals surface area contributed by atoms with E-state index in [1.54, 1.807) is 0 Å². The lowest BCUT2D eigenvalue weighted by atomic mass is 10.1. The van der Waals surface area contributed by atoms with Crippen molar-refractivity contribution in [3.63, 3.8) is 0 Å². The summed E-state index contributed by atoms with van der Waals surface area (Å²) in [5, 5.41) is 3.52. The lowest BCUT2D eigenvalue weighted by Gasteiger charge is -2.26. The number of likely N-dealkylation sites (tertiary alicyclic amines) is 1. The fraction of sp³-hybridized carbons (Fsp3) is 0.625. The van der Waals surface area contributed by atoms with Crippen LogP contribution in [-0.2, 0) is 6.54 Å². The third-order valence-corrected chi connectivity index (χ3v) is 4.68. The number of nitrogens with zero attached hydrogens (tertiary/aromatic N) is 1. The third kappa shape index (κ3) is 4.11. The van der Waals surface area contributed by atoms with Crippen LogP contribution in [-0.4, -0.2) is 37.9 Å². The molecule has 116 valence electrons. The quantitative estimate of drug-likeness (QED) is 0.795. The molecule has 5 heteroatoms. The topological polar surface area (TPSA) is 33.7 Å². The summed E-state index contributed by atoms with van der Waals surface area (Å²) in [6, 6.07) is 4.16. The van der Waals surface area contributed by atoms with Crippen molar-refractivity contribution in [2.24, 2.45) is 0 Å². The number of fused-ring (bicyclic) bond motifs is 1. The second-order valence-corrected chi connectivity index (χ2v) is 6.60. The molecule has 1 aromatic carbocycles. The number of piperidine rings is 1. The van der Waals surface area contributed by atoms with E-state index in [0.717, 1.165) is 29.1 Å². The molecule has 21 heavy (non-hydrogen) atoms. The van der Waals surface area contributed by atoms with Crippen LogP contribution in [0, 0.1) is 0 Å². The van der Waals surface area contributed by atoms with Gasteiger partial charge in [0.2, 0.25) is 6.79 Å². The van der Waals surface area contributed by atoms with Gasteiger partial charge in [-0.05, 0) is 79.1 Å². The molecule has 0 amide bonds. The fourth-order valence-corrected chi connectivity index (χ4v) is 3.57. The number of nitrogens with one attached hydrogen (secondary N) is 1. The van der Waals surface area contributed by atoms with Gasteiger partial charge in [0.15, 0.2) is 11.5 Å². The monoisotopic (exact) mass is 354 g/mol. The van der Waals surface area contributed by atoms with Crippen molar-refractivity contribution in [1.29, 1.82) is 0 Å². The predicted octanol–water partition coefficient (Wildman–Crippen LogP) is 3.14. The number of halogens is 1. The summed E-state index contributed by atoms with van der Waals surface area (Å²) in [4.78, 5) is 2.59. The first-order valence-corrected chi connectivity index (χ1v) is 8.63. The molecule has 4 nitrogen and oxygen atoms in total. The Balaban J connectivity index is 1.38. The highest BCUT2D eigenvalue weighted by Crippen LogP contribution is 2.39. The minimum absolute atomic E-state index is 0.320. The fourth-order valence-electron chi connectivity index (χ4n) is 2.97. The minimum atomic E-state index is 0.320. The van der Waals surface area contributed by atoms with Gasteiger partial charge in [-0.1, -0.05) is 6.42 Å². The Morgan fingerprint density at radius 2 is 2.00 bits per heavy atom. The molecule has 2 heterocycles. The number of hydrogen-bond donors (Lipinski definition) is 1. The van der Waals surface area contributed by atoms with Crippen LogP contribution >= 0.6 is 15.9 Å². The Morgan fingerprint density at radius 3 is 2.86 bits per heavy atom. The molecule has 1 saturated heterocycles. The van der Waals surface area contributed by atoms with Crippen LogP contribution in [0.4, 0.5) is 0 Å². The van der Waals surface area contributed by atoms with Crippen LogP contribution in [0.15, 0.2) is 16.6 Å². The average molecular weight is 355 g/mol. The molecule has 2 aliphatic heterocycles. The summed E-state index contributed by atoms with van der Waals surface area (Å²) in [6.07, 6.45) is 5.37. The molecule has 0 spiro atoms. The first kappa shape index (κ1) is 15.1. The van der Waals surface area contributed by atoms with Gasteiger partial charge in [-0.15, -0.1) is 0 Å². The molecule has 0 radical (unpaired) electrons. The van der Waals surface area contributed by atoms with Gasteiger partial charge in [0.25, 0.3) is 0 Å². The van der Waals surface area contributed by atoms with E-state index in [2.05, 4.69) is 38.3 Å². The maximum absolute atomic E-state index is 5.44. The Kier molecular flexibility index (Phi) is 5.38. The van der Waals surface area contributed by atoms with Crippen LogP contribution < -0.4 is 14.8 Å². The number of hydrogen-bond acceptors (Lipinski definition) is 4. The van der Waals surface area contributed by atoms with Gasteiger partial charge in [0.1, 0.15) is 0 Å².